The van der Waals surface area contributed by atoms with Gasteiger partial charge in [-0.25, -0.2) is 13.1 Å². The summed E-state index contributed by atoms with van der Waals surface area (Å²) >= 11 is 0. The van der Waals surface area contributed by atoms with E-state index in [1.807, 2.05) is 38.1 Å². The summed E-state index contributed by atoms with van der Waals surface area (Å²) in [6, 6.07) is 12.2. The number of carbonyl (C=O) groups excluding carboxylic acids is 1. The molecular formula is C24H32N2O6S. The molecule has 0 bridgehead atoms. The third-order valence-electron chi connectivity index (χ3n) is 5.24. The fourth-order valence-corrected chi connectivity index (χ4v) is 4.65. The number of morpholine rings is 1. The van der Waals surface area contributed by atoms with Gasteiger partial charge in [-0.1, -0.05) is 12.1 Å². The summed E-state index contributed by atoms with van der Waals surface area (Å²) in [7, 11) is -2.31. The van der Waals surface area contributed by atoms with Crippen molar-refractivity contribution in [3.63, 3.8) is 0 Å². The number of sulfonamides is 1. The maximum Gasteiger partial charge on any atom is 0.257 e. The predicted octanol–water partition coefficient (Wildman–Crippen LogP) is 2.87. The topological polar surface area (TPSA) is 94.2 Å². The Labute approximate surface area is 195 Å². The van der Waals surface area contributed by atoms with Gasteiger partial charge in [-0.2, -0.15) is 0 Å². The molecule has 8 nitrogen and oxygen atoms in total. The zero-order valence-corrected chi connectivity index (χ0v) is 20.2. The van der Waals surface area contributed by atoms with Crippen LogP contribution in [-0.2, 0) is 21.2 Å². The van der Waals surface area contributed by atoms with Crippen LogP contribution in [0.25, 0.3) is 0 Å². The zero-order chi connectivity index (χ0) is 23.8. The van der Waals surface area contributed by atoms with Gasteiger partial charge in [0, 0.05) is 19.6 Å². The van der Waals surface area contributed by atoms with Crippen LogP contribution in [0.1, 0.15) is 36.2 Å². The van der Waals surface area contributed by atoms with Gasteiger partial charge in [0.2, 0.25) is 10.0 Å². The van der Waals surface area contributed by atoms with Crippen molar-refractivity contribution in [1.29, 1.82) is 0 Å². The molecule has 1 aliphatic heterocycles. The van der Waals surface area contributed by atoms with Crippen molar-refractivity contribution in [3.8, 4) is 11.5 Å². The van der Waals surface area contributed by atoms with Gasteiger partial charge in [0.1, 0.15) is 11.5 Å². The van der Waals surface area contributed by atoms with E-state index in [0.29, 0.717) is 38.5 Å². The monoisotopic (exact) mass is 476 g/mol. The van der Waals surface area contributed by atoms with Gasteiger partial charge >= 0.3 is 0 Å². The van der Waals surface area contributed by atoms with Crippen molar-refractivity contribution in [2.75, 3.05) is 40.0 Å². The minimum atomic E-state index is -3.77. The molecule has 0 radical (unpaired) electrons. The number of ether oxygens (including phenoxy) is 3. The molecule has 9 heteroatoms. The number of amides is 1. The number of aryl methyl sites for hydroxylation is 1. The second-order valence-electron chi connectivity index (χ2n) is 8.08. The van der Waals surface area contributed by atoms with Crippen LogP contribution in [0, 0.1) is 0 Å². The molecule has 2 aromatic carbocycles. The minimum Gasteiger partial charge on any atom is -0.496 e. The molecule has 1 amide bonds. The van der Waals surface area contributed by atoms with Crippen LogP contribution >= 0.6 is 0 Å². The molecule has 33 heavy (non-hydrogen) atoms. The van der Waals surface area contributed by atoms with E-state index in [4.69, 9.17) is 14.2 Å². The third kappa shape index (κ3) is 6.93. The van der Waals surface area contributed by atoms with E-state index in [2.05, 4.69) is 4.72 Å². The summed E-state index contributed by atoms with van der Waals surface area (Å²) in [5, 5.41) is 0. The summed E-state index contributed by atoms with van der Waals surface area (Å²) in [6.07, 6.45) is 1.49. The first kappa shape index (κ1) is 25.0. The lowest BCUT2D eigenvalue weighted by Crippen LogP contribution is -2.40. The van der Waals surface area contributed by atoms with Gasteiger partial charge in [0.05, 0.1) is 36.9 Å². The highest BCUT2D eigenvalue weighted by Crippen LogP contribution is 2.24. The van der Waals surface area contributed by atoms with Crippen molar-refractivity contribution < 1.29 is 27.4 Å². The Bertz CT molecular complexity index is 1030. The number of nitrogens with one attached hydrogen (secondary N) is 1. The van der Waals surface area contributed by atoms with Gasteiger partial charge in [0.25, 0.3) is 5.91 Å². The van der Waals surface area contributed by atoms with Gasteiger partial charge in [0.15, 0.2) is 0 Å². The van der Waals surface area contributed by atoms with Crippen LogP contribution in [0.4, 0.5) is 0 Å². The number of benzene rings is 2. The van der Waals surface area contributed by atoms with E-state index in [9.17, 15) is 13.2 Å². The lowest BCUT2D eigenvalue weighted by Gasteiger charge is -2.27. The Morgan fingerprint density at radius 1 is 1.12 bits per heavy atom. The Morgan fingerprint density at radius 2 is 1.82 bits per heavy atom. The molecule has 0 aromatic heterocycles. The number of rotatable bonds is 10. The lowest BCUT2D eigenvalue weighted by molar-refractivity contribution is 0.0300. The van der Waals surface area contributed by atoms with Gasteiger partial charge in [-0.05, 0) is 62.6 Å². The van der Waals surface area contributed by atoms with Crippen LogP contribution in [0.15, 0.2) is 47.4 Å². The van der Waals surface area contributed by atoms with Crippen LogP contribution < -0.4 is 14.2 Å². The normalized spacial score (nSPS) is 14.4. The second-order valence-corrected chi connectivity index (χ2v) is 9.85. The smallest absolute Gasteiger partial charge is 0.257 e. The van der Waals surface area contributed by atoms with Gasteiger partial charge in [-0.15, -0.1) is 0 Å². The number of nitrogens with zero attached hydrogens (tertiary/aromatic N) is 1. The largest absolute Gasteiger partial charge is 0.496 e. The number of methoxy groups -OCH3 is 1. The van der Waals surface area contributed by atoms with E-state index < -0.39 is 10.0 Å². The Morgan fingerprint density at radius 3 is 2.45 bits per heavy atom. The van der Waals surface area contributed by atoms with Crippen molar-refractivity contribution in [2.24, 2.45) is 0 Å². The van der Waals surface area contributed by atoms with Crippen LogP contribution in [-0.4, -0.2) is 65.3 Å². The highest BCUT2D eigenvalue weighted by molar-refractivity contribution is 7.89. The Kier molecular flexibility index (Phi) is 8.71. The van der Waals surface area contributed by atoms with Crippen molar-refractivity contribution in [1.82, 2.24) is 9.62 Å². The maximum atomic E-state index is 12.9. The highest BCUT2D eigenvalue weighted by atomic mass is 32.2. The second kappa shape index (κ2) is 11.5. The molecule has 0 aliphatic carbocycles. The molecule has 2 aromatic rings. The van der Waals surface area contributed by atoms with Crippen molar-refractivity contribution >= 4 is 15.9 Å². The summed E-state index contributed by atoms with van der Waals surface area (Å²) < 4.78 is 44.5. The van der Waals surface area contributed by atoms with Crippen LogP contribution in [0.2, 0.25) is 0 Å². The fraction of sp³-hybridized carbons (Fsp3) is 0.458. The maximum absolute atomic E-state index is 12.9. The first-order valence-corrected chi connectivity index (χ1v) is 12.6. The third-order valence-corrected chi connectivity index (χ3v) is 6.70. The van der Waals surface area contributed by atoms with Gasteiger partial charge in [-0.3, -0.25) is 4.79 Å². The molecule has 0 atom stereocenters. The van der Waals surface area contributed by atoms with Gasteiger partial charge < -0.3 is 19.1 Å². The molecule has 1 heterocycles. The molecule has 0 unspecified atom stereocenters. The van der Waals surface area contributed by atoms with Crippen LogP contribution in [0.3, 0.4) is 0 Å². The van der Waals surface area contributed by atoms with Crippen molar-refractivity contribution in [2.45, 2.75) is 37.7 Å². The summed E-state index contributed by atoms with van der Waals surface area (Å²) in [4.78, 5) is 14.6. The quantitative estimate of drug-likeness (QED) is 0.530. The molecule has 0 spiro atoms. The molecule has 3 rings (SSSR count). The Balaban J connectivity index is 1.60. The average molecular weight is 477 g/mol. The zero-order valence-electron chi connectivity index (χ0n) is 19.4. The molecule has 1 aliphatic rings. The molecule has 180 valence electrons. The van der Waals surface area contributed by atoms with Crippen molar-refractivity contribution in [3.05, 3.63) is 53.6 Å². The first-order valence-electron chi connectivity index (χ1n) is 11.1. The van der Waals surface area contributed by atoms with Crippen LogP contribution in [0.5, 0.6) is 11.5 Å². The molecular weight excluding hydrogens is 444 g/mol. The number of carbonyl (C=O) groups is 1. The van der Waals surface area contributed by atoms with E-state index in [-0.39, 0.29) is 29.0 Å². The highest BCUT2D eigenvalue weighted by Gasteiger charge is 2.24. The summed E-state index contributed by atoms with van der Waals surface area (Å²) in [6.45, 7) is 6.08. The standard InChI is InChI=1S/C24H32N2O6S/c1-18(2)32-20-8-6-19(7-9-20)5-4-12-25-33(28,29)21-10-11-23(30-3)22(17-21)24(27)26-13-15-31-16-14-26/h6-11,17-18,25H,4-5,12-16H2,1-3H3. The fourth-order valence-electron chi connectivity index (χ4n) is 3.55. The first-order chi connectivity index (χ1) is 15.8. The predicted molar refractivity (Wildman–Crippen MR) is 125 cm³/mol. The van der Waals surface area contributed by atoms with E-state index in [1.165, 1.54) is 25.3 Å². The molecule has 1 saturated heterocycles. The minimum absolute atomic E-state index is 0.0371. The SMILES string of the molecule is COc1ccc(S(=O)(=O)NCCCc2ccc(OC(C)C)cc2)cc1C(=O)N1CCOCC1. The molecule has 1 N–H and O–H groups in total. The van der Waals surface area contributed by atoms with E-state index >= 15 is 0 Å². The molecule has 0 saturated carbocycles. The Hall–Kier alpha value is -2.62. The number of hydrogen-bond donors (Lipinski definition) is 1. The van der Waals surface area contributed by atoms with E-state index in [0.717, 1.165) is 17.7 Å². The molecule has 1 fully saturated rings. The summed E-state index contributed by atoms with van der Waals surface area (Å²) in [5.74, 6) is 0.892. The average Bonchev–Trinajstić information content (AvgIpc) is 2.82. The lowest BCUT2D eigenvalue weighted by atomic mass is 10.1. The van der Waals surface area contributed by atoms with E-state index in [1.54, 1.807) is 4.90 Å². The summed E-state index contributed by atoms with van der Waals surface area (Å²) in [5.41, 5.74) is 1.33. The number of hydrogen-bond acceptors (Lipinski definition) is 6.